The number of aryl methyl sites for hydroxylation is 1. The molecule has 0 bridgehead atoms. The molecule has 3 aromatic heterocycles. The number of halogens is 1. The average molecular weight is 570 g/mol. The number of carbonyl (C=O) groups is 2. The van der Waals surface area contributed by atoms with Gasteiger partial charge >= 0.3 is 0 Å². The molecule has 4 heterocycles. The zero-order chi connectivity index (χ0) is 28.5. The molecule has 2 N–H and O–H groups in total. The van der Waals surface area contributed by atoms with Crippen LogP contribution in [0, 0.1) is 5.82 Å². The SMILES string of the molecule is CC(=O)Nc1ccc(-c2cc3c(N(C(=O)c4ccc(-c5cn(C)nn5)cc4F)[C@@H]4CCCNC4)nccc3s2)cc1. The standard InChI is InChI=1S/C30H28FN7O2S/c1-18(39)34-21-8-5-19(6-9-21)28-15-24-27(41-28)11-13-33-29(24)38(22-4-3-12-32-16-22)30(40)23-10-7-20(14-25(23)31)26-17-37(2)36-35-26/h5-11,13-15,17,22,32H,3-4,12,16H2,1-2H3,(H,34,39)/t22-/m1/s1. The van der Waals surface area contributed by atoms with Crippen molar-refractivity contribution in [2.45, 2.75) is 25.8 Å². The number of carbonyl (C=O) groups excluding carboxylic acids is 2. The van der Waals surface area contributed by atoms with Gasteiger partial charge in [0.25, 0.3) is 5.91 Å². The minimum atomic E-state index is -0.621. The van der Waals surface area contributed by atoms with Gasteiger partial charge in [0, 0.05) is 52.9 Å². The molecule has 0 saturated carbocycles. The topological polar surface area (TPSA) is 105 Å². The first-order valence-corrected chi connectivity index (χ1v) is 14.2. The van der Waals surface area contributed by atoms with Crippen molar-refractivity contribution in [1.29, 1.82) is 0 Å². The molecule has 5 aromatic rings. The van der Waals surface area contributed by atoms with Gasteiger partial charge in [-0.2, -0.15) is 0 Å². The van der Waals surface area contributed by atoms with Crippen LogP contribution in [0.15, 0.2) is 67.0 Å². The molecule has 1 aliphatic heterocycles. The molecule has 1 fully saturated rings. The molecule has 6 rings (SSSR count). The summed E-state index contributed by atoms with van der Waals surface area (Å²) in [6.07, 6.45) is 5.07. The molecule has 1 atom stereocenters. The molecule has 0 radical (unpaired) electrons. The number of piperidine rings is 1. The maximum absolute atomic E-state index is 15.5. The van der Waals surface area contributed by atoms with E-state index in [1.54, 1.807) is 46.4 Å². The van der Waals surface area contributed by atoms with Crippen molar-refractivity contribution in [2.75, 3.05) is 23.3 Å². The number of benzene rings is 2. The fourth-order valence-electron chi connectivity index (χ4n) is 5.15. The summed E-state index contributed by atoms with van der Waals surface area (Å²) in [6.45, 7) is 2.93. The van der Waals surface area contributed by atoms with Gasteiger partial charge in [0.15, 0.2) is 0 Å². The molecule has 1 aliphatic rings. The lowest BCUT2D eigenvalue weighted by molar-refractivity contribution is -0.114. The number of rotatable bonds is 6. The van der Waals surface area contributed by atoms with Gasteiger partial charge in [0.2, 0.25) is 5.91 Å². The van der Waals surface area contributed by atoms with Gasteiger partial charge in [0.1, 0.15) is 17.3 Å². The number of fused-ring (bicyclic) bond motifs is 1. The minimum absolute atomic E-state index is 0.0222. The Morgan fingerprint density at radius 1 is 1.12 bits per heavy atom. The highest BCUT2D eigenvalue weighted by Crippen LogP contribution is 2.39. The quantitative estimate of drug-likeness (QED) is 0.289. The third-order valence-corrected chi connectivity index (χ3v) is 8.24. The van der Waals surface area contributed by atoms with Crippen molar-refractivity contribution in [3.05, 3.63) is 78.4 Å². The Morgan fingerprint density at radius 3 is 2.61 bits per heavy atom. The van der Waals surface area contributed by atoms with E-state index < -0.39 is 11.7 Å². The molecule has 11 heteroatoms. The highest BCUT2D eigenvalue weighted by molar-refractivity contribution is 7.22. The highest BCUT2D eigenvalue weighted by atomic mass is 32.1. The Hall–Kier alpha value is -4.48. The summed E-state index contributed by atoms with van der Waals surface area (Å²) in [6, 6.07) is 15.9. The monoisotopic (exact) mass is 569 g/mol. The number of anilines is 2. The van der Waals surface area contributed by atoms with E-state index in [-0.39, 0.29) is 17.5 Å². The van der Waals surface area contributed by atoms with Crippen molar-refractivity contribution in [3.8, 4) is 21.7 Å². The molecule has 0 unspecified atom stereocenters. The summed E-state index contributed by atoms with van der Waals surface area (Å²) in [5.41, 5.74) is 2.75. The van der Waals surface area contributed by atoms with Crippen molar-refractivity contribution in [1.82, 2.24) is 25.3 Å². The Bertz CT molecular complexity index is 1740. The van der Waals surface area contributed by atoms with Crippen molar-refractivity contribution in [2.24, 2.45) is 7.05 Å². The Balaban J connectivity index is 1.39. The van der Waals surface area contributed by atoms with Gasteiger partial charge in [-0.05, 0) is 61.3 Å². The number of hydrogen-bond acceptors (Lipinski definition) is 7. The number of nitrogens with zero attached hydrogens (tertiary/aromatic N) is 5. The van der Waals surface area contributed by atoms with Crippen LogP contribution in [0.4, 0.5) is 15.9 Å². The van der Waals surface area contributed by atoms with E-state index in [9.17, 15) is 9.59 Å². The fourth-order valence-corrected chi connectivity index (χ4v) is 6.21. The Labute approximate surface area is 240 Å². The van der Waals surface area contributed by atoms with E-state index in [4.69, 9.17) is 0 Å². The summed E-state index contributed by atoms with van der Waals surface area (Å²) in [4.78, 5) is 32.8. The van der Waals surface area contributed by atoms with Crippen molar-refractivity contribution >= 4 is 44.7 Å². The predicted octanol–water partition coefficient (Wildman–Crippen LogP) is 5.26. The minimum Gasteiger partial charge on any atom is -0.326 e. The van der Waals surface area contributed by atoms with Crippen LogP contribution >= 0.6 is 11.3 Å². The molecule has 41 heavy (non-hydrogen) atoms. The van der Waals surface area contributed by atoms with Crippen LogP contribution in [0.5, 0.6) is 0 Å². The van der Waals surface area contributed by atoms with Gasteiger partial charge in [-0.25, -0.2) is 9.37 Å². The van der Waals surface area contributed by atoms with Crippen LogP contribution in [-0.4, -0.2) is 50.9 Å². The van der Waals surface area contributed by atoms with E-state index in [0.717, 1.165) is 45.6 Å². The number of nitrogens with one attached hydrogen (secondary N) is 2. The van der Waals surface area contributed by atoms with Gasteiger partial charge in [-0.3, -0.25) is 19.2 Å². The smallest absolute Gasteiger partial charge is 0.262 e. The highest BCUT2D eigenvalue weighted by Gasteiger charge is 2.32. The summed E-state index contributed by atoms with van der Waals surface area (Å²) in [5, 5.41) is 15.0. The molecular weight excluding hydrogens is 541 g/mol. The summed E-state index contributed by atoms with van der Waals surface area (Å²) < 4.78 is 18.0. The second-order valence-corrected chi connectivity index (χ2v) is 11.1. The third-order valence-electron chi connectivity index (χ3n) is 7.10. The maximum atomic E-state index is 15.5. The Morgan fingerprint density at radius 2 is 1.93 bits per heavy atom. The van der Waals surface area contributed by atoms with Gasteiger partial charge < -0.3 is 10.6 Å². The second-order valence-electron chi connectivity index (χ2n) is 10.1. The summed E-state index contributed by atoms with van der Waals surface area (Å²) in [5.74, 6) is -0.674. The first kappa shape index (κ1) is 26.7. The van der Waals surface area contributed by atoms with Gasteiger partial charge in [0.05, 0.1) is 17.8 Å². The maximum Gasteiger partial charge on any atom is 0.262 e. The van der Waals surface area contributed by atoms with Gasteiger partial charge in [-0.15, -0.1) is 16.4 Å². The van der Waals surface area contributed by atoms with Crippen LogP contribution < -0.4 is 15.5 Å². The lowest BCUT2D eigenvalue weighted by atomic mass is 10.0. The van der Waals surface area contributed by atoms with Crippen LogP contribution in [0.1, 0.15) is 30.1 Å². The second kappa shape index (κ2) is 11.2. The number of hydrogen-bond donors (Lipinski definition) is 2. The van der Waals surface area contributed by atoms with E-state index in [2.05, 4.69) is 25.9 Å². The summed E-state index contributed by atoms with van der Waals surface area (Å²) >= 11 is 1.59. The normalized spacial score (nSPS) is 15.1. The molecule has 0 spiro atoms. The number of thiophene rings is 1. The van der Waals surface area contributed by atoms with E-state index >= 15 is 4.39 Å². The molecule has 208 valence electrons. The number of amides is 2. The first-order valence-electron chi connectivity index (χ1n) is 13.3. The average Bonchev–Trinajstić information content (AvgIpc) is 3.61. The third kappa shape index (κ3) is 5.46. The zero-order valence-corrected chi connectivity index (χ0v) is 23.4. The van der Waals surface area contributed by atoms with Crippen molar-refractivity contribution in [3.63, 3.8) is 0 Å². The molecule has 1 saturated heterocycles. The largest absolute Gasteiger partial charge is 0.326 e. The van der Waals surface area contributed by atoms with E-state index in [0.29, 0.717) is 23.6 Å². The van der Waals surface area contributed by atoms with Gasteiger partial charge in [-0.1, -0.05) is 23.4 Å². The van der Waals surface area contributed by atoms with E-state index in [1.807, 2.05) is 36.4 Å². The Kier molecular flexibility index (Phi) is 7.29. The van der Waals surface area contributed by atoms with Crippen LogP contribution in [0.2, 0.25) is 0 Å². The molecule has 2 amide bonds. The number of pyridine rings is 1. The fraction of sp³-hybridized carbons (Fsp3) is 0.233. The molecule has 2 aromatic carbocycles. The molecular formula is C30H28FN7O2S. The van der Waals surface area contributed by atoms with Crippen LogP contribution in [0.3, 0.4) is 0 Å². The van der Waals surface area contributed by atoms with Crippen LogP contribution in [-0.2, 0) is 11.8 Å². The van der Waals surface area contributed by atoms with Crippen LogP contribution in [0.25, 0.3) is 31.8 Å². The predicted molar refractivity (Wildman–Crippen MR) is 158 cm³/mol. The zero-order valence-electron chi connectivity index (χ0n) is 22.6. The number of aromatic nitrogens is 4. The first-order chi connectivity index (χ1) is 19.9. The molecule has 0 aliphatic carbocycles. The molecule has 9 nitrogen and oxygen atoms in total. The summed E-state index contributed by atoms with van der Waals surface area (Å²) in [7, 11) is 1.74. The lowest BCUT2D eigenvalue weighted by Crippen LogP contribution is -2.49. The van der Waals surface area contributed by atoms with Crippen molar-refractivity contribution < 1.29 is 14.0 Å². The lowest BCUT2D eigenvalue weighted by Gasteiger charge is -2.34. The van der Waals surface area contributed by atoms with E-state index in [1.165, 1.54) is 19.1 Å².